The number of ether oxygens (including phenoxy) is 1. The molecule has 0 N–H and O–H groups in total. The van der Waals surface area contributed by atoms with Crippen molar-refractivity contribution in [1.82, 2.24) is 20.0 Å². The highest BCUT2D eigenvalue weighted by Gasteiger charge is 2.13. The topological polar surface area (TPSA) is 81.4 Å². The van der Waals surface area contributed by atoms with E-state index in [0.717, 1.165) is 16.9 Å². The Bertz CT molecular complexity index is 907. The van der Waals surface area contributed by atoms with Crippen LogP contribution < -0.4 is 4.74 Å². The Kier molecular flexibility index (Phi) is 6.51. The molecule has 3 rings (SSSR count). The molecule has 0 spiro atoms. The van der Waals surface area contributed by atoms with Crippen LogP contribution in [0, 0.1) is 0 Å². The summed E-state index contributed by atoms with van der Waals surface area (Å²) in [6, 6.07) is 11.3. The van der Waals surface area contributed by atoms with Crippen LogP contribution in [0.15, 0.2) is 66.0 Å². The second kappa shape index (κ2) is 9.45. The molecular formula is C21H22N4O3. The fourth-order valence-corrected chi connectivity index (χ4v) is 2.59. The summed E-state index contributed by atoms with van der Waals surface area (Å²) < 4.78 is 10.7. The minimum absolute atomic E-state index is 0.00986. The van der Waals surface area contributed by atoms with E-state index in [1.807, 2.05) is 24.3 Å². The number of pyridine rings is 1. The third-order valence-electron chi connectivity index (χ3n) is 4.10. The number of benzene rings is 1. The minimum atomic E-state index is 0.00986. The molecule has 0 atom stereocenters. The highest BCUT2D eigenvalue weighted by atomic mass is 16.5. The van der Waals surface area contributed by atoms with Crippen molar-refractivity contribution < 1.29 is 14.1 Å². The maximum Gasteiger partial charge on any atom is 0.227 e. The average molecular weight is 378 g/mol. The number of carbonyl (C=O) groups excluding carboxylic acids is 1. The quantitative estimate of drug-likeness (QED) is 0.532. The predicted octanol–water partition coefficient (Wildman–Crippen LogP) is 3.29. The lowest BCUT2D eigenvalue weighted by Gasteiger charge is -2.17. The van der Waals surface area contributed by atoms with Crippen LogP contribution in [0.4, 0.5) is 0 Å². The minimum Gasteiger partial charge on any atom is -0.490 e. The molecule has 0 fully saturated rings. The standard InChI is InChI=1S/C21H22N4O3/c1-3-14-27-18-6-4-16(5-7-18)15-25(2)20(26)9-8-19-23-21(24-28-19)17-10-12-22-13-11-17/h3-7,10-13H,1,8-9,14-15H2,2H3. The van der Waals surface area contributed by atoms with E-state index in [-0.39, 0.29) is 5.91 Å². The number of nitrogens with zero attached hydrogens (tertiary/aromatic N) is 4. The molecule has 0 unspecified atom stereocenters. The molecule has 2 heterocycles. The highest BCUT2D eigenvalue weighted by Crippen LogP contribution is 2.16. The molecule has 0 saturated carbocycles. The Balaban J connectivity index is 1.49. The Morgan fingerprint density at radius 3 is 2.68 bits per heavy atom. The fraction of sp³-hybridized carbons (Fsp3) is 0.238. The summed E-state index contributed by atoms with van der Waals surface area (Å²) in [6.45, 7) is 4.61. The van der Waals surface area contributed by atoms with Gasteiger partial charge < -0.3 is 14.2 Å². The predicted molar refractivity (Wildman–Crippen MR) is 104 cm³/mol. The maximum atomic E-state index is 12.4. The summed E-state index contributed by atoms with van der Waals surface area (Å²) in [6.07, 6.45) is 5.73. The third-order valence-corrected chi connectivity index (χ3v) is 4.10. The van der Waals surface area contributed by atoms with Crippen molar-refractivity contribution in [1.29, 1.82) is 0 Å². The lowest BCUT2D eigenvalue weighted by Crippen LogP contribution is -2.26. The van der Waals surface area contributed by atoms with Gasteiger partial charge in [0.05, 0.1) is 0 Å². The van der Waals surface area contributed by atoms with Crippen LogP contribution in [-0.2, 0) is 17.8 Å². The molecule has 1 amide bonds. The normalized spacial score (nSPS) is 10.5. The van der Waals surface area contributed by atoms with Crippen LogP contribution in [0.25, 0.3) is 11.4 Å². The molecule has 0 bridgehead atoms. The van der Waals surface area contributed by atoms with Crippen LogP contribution in [0.5, 0.6) is 5.75 Å². The number of carbonyl (C=O) groups is 1. The number of rotatable bonds is 9. The molecule has 0 aliphatic heterocycles. The number of amides is 1. The van der Waals surface area contributed by atoms with Crippen LogP contribution in [0.1, 0.15) is 17.9 Å². The van der Waals surface area contributed by atoms with Gasteiger partial charge in [-0.3, -0.25) is 9.78 Å². The van der Waals surface area contributed by atoms with Gasteiger partial charge in [0.15, 0.2) is 0 Å². The number of aromatic nitrogens is 3. The first kappa shape index (κ1) is 19.3. The lowest BCUT2D eigenvalue weighted by atomic mass is 10.2. The van der Waals surface area contributed by atoms with Gasteiger partial charge in [0, 0.05) is 44.4 Å². The first-order chi connectivity index (χ1) is 13.7. The monoisotopic (exact) mass is 378 g/mol. The van der Waals surface area contributed by atoms with Gasteiger partial charge in [-0.1, -0.05) is 29.9 Å². The number of aryl methyl sites for hydroxylation is 1. The van der Waals surface area contributed by atoms with Gasteiger partial charge in [-0.25, -0.2) is 0 Å². The zero-order valence-electron chi connectivity index (χ0n) is 15.7. The SMILES string of the molecule is C=CCOc1ccc(CN(C)C(=O)CCc2nc(-c3ccncc3)no2)cc1. The van der Waals surface area contributed by atoms with Crippen LogP contribution >= 0.6 is 0 Å². The Labute approximate surface area is 163 Å². The smallest absolute Gasteiger partial charge is 0.227 e. The molecule has 0 saturated heterocycles. The first-order valence-corrected chi connectivity index (χ1v) is 8.95. The van der Waals surface area contributed by atoms with Crippen LogP contribution in [-0.4, -0.2) is 39.6 Å². The van der Waals surface area contributed by atoms with E-state index in [1.54, 1.807) is 42.6 Å². The zero-order chi connectivity index (χ0) is 19.8. The van der Waals surface area contributed by atoms with E-state index in [4.69, 9.17) is 9.26 Å². The maximum absolute atomic E-state index is 12.4. The third kappa shape index (κ3) is 5.26. The van der Waals surface area contributed by atoms with Crippen molar-refractivity contribution in [2.45, 2.75) is 19.4 Å². The first-order valence-electron chi connectivity index (χ1n) is 8.95. The van der Waals surface area contributed by atoms with Gasteiger partial charge in [-0.15, -0.1) is 0 Å². The summed E-state index contributed by atoms with van der Waals surface area (Å²) in [5.41, 5.74) is 1.86. The van der Waals surface area contributed by atoms with Crippen molar-refractivity contribution in [3.05, 3.63) is 72.9 Å². The van der Waals surface area contributed by atoms with E-state index < -0.39 is 0 Å². The van der Waals surface area contributed by atoms with E-state index in [0.29, 0.717) is 37.7 Å². The molecule has 0 aliphatic carbocycles. The average Bonchev–Trinajstić information content (AvgIpc) is 3.21. The second-order valence-corrected chi connectivity index (χ2v) is 6.24. The fourth-order valence-electron chi connectivity index (χ4n) is 2.59. The van der Waals surface area contributed by atoms with Gasteiger partial charge in [-0.2, -0.15) is 4.98 Å². The van der Waals surface area contributed by atoms with Gasteiger partial charge in [-0.05, 0) is 29.8 Å². The van der Waals surface area contributed by atoms with Crippen molar-refractivity contribution in [3.63, 3.8) is 0 Å². The van der Waals surface area contributed by atoms with Crippen LogP contribution in [0.2, 0.25) is 0 Å². The largest absolute Gasteiger partial charge is 0.490 e. The molecule has 0 aliphatic rings. The summed E-state index contributed by atoms with van der Waals surface area (Å²) in [5.74, 6) is 1.73. The van der Waals surface area contributed by atoms with E-state index in [1.165, 1.54) is 0 Å². The van der Waals surface area contributed by atoms with Crippen molar-refractivity contribution in [2.24, 2.45) is 0 Å². The Morgan fingerprint density at radius 2 is 1.96 bits per heavy atom. The molecular weight excluding hydrogens is 356 g/mol. The molecule has 28 heavy (non-hydrogen) atoms. The molecule has 144 valence electrons. The molecule has 3 aromatic rings. The summed E-state index contributed by atoms with van der Waals surface area (Å²) in [5, 5.41) is 3.95. The van der Waals surface area contributed by atoms with E-state index in [2.05, 4.69) is 21.7 Å². The molecule has 2 aromatic heterocycles. The summed E-state index contributed by atoms with van der Waals surface area (Å²) >= 11 is 0. The highest BCUT2D eigenvalue weighted by molar-refractivity contribution is 5.76. The van der Waals surface area contributed by atoms with Gasteiger partial charge in [0.2, 0.25) is 17.6 Å². The van der Waals surface area contributed by atoms with Gasteiger partial charge in [0.25, 0.3) is 0 Å². The van der Waals surface area contributed by atoms with Crippen molar-refractivity contribution in [2.75, 3.05) is 13.7 Å². The van der Waals surface area contributed by atoms with Gasteiger partial charge in [0.1, 0.15) is 12.4 Å². The molecule has 7 nitrogen and oxygen atoms in total. The van der Waals surface area contributed by atoms with E-state index >= 15 is 0 Å². The Hall–Kier alpha value is -3.48. The van der Waals surface area contributed by atoms with Gasteiger partial charge >= 0.3 is 0 Å². The molecule has 1 aromatic carbocycles. The molecule has 0 radical (unpaired) electrons. The van der Waals surface area contributed by atoms with Crippen molar-refractivity contribution >= 4 is 5.91 Å². The second-order valence-electron chi connectivity index (χ2n) is 6.24. The Morgan fingerprint density at radius 1 is 1.21 bits per heavy atom. The molecule has 7 heteroatoms. The zero-order valence-corrected chi connectivity index (χ0v) is 15.7. The van der Waals surface area contributed by atoms with Crippen LogP contribution in [0.3, 0.4) is 0 Å². The number of hydrogen-bond acceptors (Lipinski definition) is 6. The summed E-state index contributed by atoms with van der Waals surface area (Å²) in [7, 11) is 1.78. The lowest BCUT2D eigenvalue weighted by molar-refractivity contribution is -0.130. The van der Waals surface area contributed by atoms with Crippen molar-refractivity contribution in [3.8, 4) is 17.1 Å². The summed E-state index contributed by atoms with van der Waals surface area (Å²) in [4.78, 5) is 22.4. The number of hydrogen-bond donors (Lipinski definition) is 0. The van der Waals surface area contributed by atoms with E-state index in [9.17, 15) is 4.79 Å².